The zero-order valence-electron chi connectivity index (χ0n) is 11.1. The van der Waals surface area contributed by atoms with Gasteiger partial charge in [0, 0.05) is 18.2 Å². The predicted molar refractivity (Wildman–Crippen MR) is 71.4 cm³/mol. The highest BCUT2D eigenvalue weighted by Crippen LogP contribution is 2.33. The highest BCUT2D eigenvalue weighted by Gasteiger charge is 2.30. The lowest BCUT2D eigenvalue weighted by molar-refractivity contribution is -0.137. The van der Waals surface area contributed by atoms with Crippen LogP contribution in [0.1, 0.15) is 18.1 Å². The first-order chi connectivity index (χ1) is 9.47. The first kappa shape index (κ1) is 14.3. The number of aromatic nitrogens is 2. The van der Waals surface area contributed by atoms with Gasteiger partial charge in [0.05, 0.1) is 11.3 Å². The van der Waals surface area contributed by atoms with Gasteiger partial charge in [-0.25, -0.2) is 9.97 Å². The Morgan fingerprint density at radius 3 is 2.55 bits per heavy atom. The number of nitrogens with one attached hydrogen (secondary N) is 1. The zero-order chi connectivity index (χ0) is 14.8. The van der Waals surface area contributed by atoms with Crippen LogP contribution in [0.5, 0.6) is 0 Å². The minimum atomic E-state index is -4.36. The number of alkyl halides is 3. The Bertz CT molecular complexity index is 609. The molecule has 1 aromatic carbocycles. The highest BCUT2D eigenvalue weighted by molar-refractivity contribution is 5.68. The summed E-state index contributed by atoms with van der Waals surface area (Å²) >= 11 is 0. The Morgan fingerprint density at radius 2 is 1.95 bits per heavy atom. The largest absolute Gasteiger partial charge is 0.416 e. The molecule has 0 amide bonds. The minimum absolute atomic E-state index is 0.440. The molecule has 1 aromatic heterocycles. The van der Waals surface area contributed by atoms with Crippen molar-refractivity contribution in [2.24, 2.45) is 0 Å². The van der Waals surface area contributed by atoms with Gasteiger partial charge in [-0.15, -0.1) is 0 Å². The van der Waals surface area contributed by atoms with Crippen LogP contribution in [-0.2, 0) is 12.6 Å². The van der Waals surface area contributed by atoms with Crippen LogP contribution in [0.2, 0.25) is 0 Å². The van der Waals surface area contributed by atoms with Gasteiger partial charge in [0.2, 0.25) is 0 Å². The quantitative estimate of drug-likeness (QED) is 0.930. The SMILES string of the molecule is CCc1c(NC)ncnc1-c1cccc(C(F)(F)F)c1. The third-order valence-electron chi connectivity index (χ3n) is 3.00. The Balaban J connectivity index is 2.57. The van der Waals surface area contributed by atoms with E-state index in [1.165, 1.54) is 12.4 Å². The molecule has 0 bridgehead atoms. The second-order valence-electron chi connectivity index (χ2n) is 4.23. The number of halogens is 3. The molecule has 1 heterocycles. The standard InChI is InChI=1S/C14H14F3N3/c1-3-11-12(19-8-20-13(11)18-2)9-5-4-6-10(7-9)14(15,16)17/h4-8H,3H2,1-2H3,(H,18,19,20). The molecule has 6 heteroatoms. The third-order valence-corrected chi connectivity index (χ3v) is 3.00. The van der Waals surface area contributed by atoms with Gasteiger partial charge >= 0.3 is 6.18 Å². The van der Waals surface area contributed by atoms with Crippen molar-refractivity contribution in [2.45, 2.75) is 19.5 Å². The number of rotatable bonds is 3. The molecule has 0 unspecified atom stereocenters. The van der Waals surface area contributed by atoms with E-state index < -0.39 is 11.7 Å². The van der Waals surface area contributed by atoms with Gasteiger partial charge in [-0.3, -0.25) is 0 Å². The molecule has 0 fully saturated rings. The van der Waals surface area contributed by atoms with Gasteiger partial charge in [-0.2, -0.15) is 13.2 Å². The van der Waals surface area contributed by atoms with Crippen LogP contribution in [0.25, 0.3) is 11.3 Å². The minimum Gasteiger partial charge on any atom is -0.373 e. The third kappa shape index (κ3) is 2.74. The molecule has 106 valence electrons. The molecule has 0 aliphatic rings. The van der Waals surface area contributed by atoms with E-state index in [1.54, 1.807) is 13.1 Å². The van der Waals surface area contributed by atoms with Crippen LogP contribution < -0.4 is 5.32 Å². The molecule has 0 spiro atoms. The number of benzene rings is 1. The molecule has 0 aliphatic carbocycles. The molecule has 3 nitrogen and oxygen atoms in total. The van der Waals surface area contributed by atoms with Crippen molar-refractivity contribution in [3.8, 4) is 11.3 Å². The fourth-order valence-corrected chi connectivity index (χ4v) is 2.05. The lowest BCUT2D eigenvalue weighted by Gasteiger charge is -2.13. The van der Waals surface area contributed by atoms with Crippen LogP contribution >= 0.6 is 0 Å². The van der Waals surface area contributed by atoms with Crippen LogP contribution in [0, 0.1) is 0 Å². The van der Waals surface area contributed by atoms with Gasteiger partial charge in [0.15, 0.2) is 0 Å². The fourth-order valence-electron chi connectivity index (χ4n) is 2.05. The first-order valence-electron chi connectivity index (χ1n) is 6.16. The van der Waals surface area contributed by atoms with E-state index in [0.717, 1.165) is 17.7 Å². The summed E-state index contributed by atoms with van der Waals surface area (Å²) in [6.45, 7) is 1.91. The van der Waals surface area contributed by atoms with Gasteiger partial charge in [0.1, 0.15) is 12.1 Å². The summed E-state index contributed by atoms with van der Waals surface area (Å²) in [5, 5.41) is 2.93. The van der Waals surface area contributed by atoms with Crippen molar-refractivity contribution >= 4 is 5.82 Å². The van der Waals surface area contributed by atoms with Crippen molar-refractivity contribution < 1.29 is 13.2 Å². The summed E-state index contributed by atoms with van der Waals surface area (Å²) in [5.41, 5.74) is 1.09. The number of hydrogen-bond donors (Lipinski definition) is 1. The normalized spacial score (nSPS) is 11.4. The van der Waals surface area contributed by atoms with E-state index >= 15 is 0 Å². The van der Waals surface area contributed by atoms with Crippen LogP contribution in [-0.4, -0.2) is 17.0 Å². The fraction of sp³-hybridized carbons (Fsp3) is 0.286. The van der Waals surface area contributed by atoms with Crippen molar-refractivity contribution in [1.82, 2.24) is 9.97 Å². The van der Waals surface area contributed by atoms with Crippen LogP contribution in [0.4, 0.5) is 19.0 Å². The molecule has 2 aromatic rings. The van der Waals surface area contributed by atoms with E-state index in [2.05, 4.69) is 15.3 Å². The van der Waals surface area contributed by atoms with Gasteiger partial charge in [-0.05, 0) is 18.6 Å². The van der Waals surface area contributed by atoms with Crippen molar-refractivity contribution in [3.05, 3.63) is 41.7 Å². The molecule has 0 saturated heterocycles. The Kier molecular flexibility index (Phi) is 3.92. The molecule has 0 saturated carbocycles. The average Bonchev–Trinajstić information content (AvgIpc) is 2.45. The van der Waals surface area contributed by atoms with E-state index in [-0.39, 0.29) is 0 Å². The Labute approximate surface area is 114 Å². The Hall–Kier alpha value is -2.11. The van der Waals surface area contributed by atoms with Crippen LogP contribution in [0.15, 0.2) is 30.6 Å². The number of anilines is 1. The molecule has 0 atom stereocenters. The van der Waals surface area contributed by atoms with Gasteiger partial charge in [0.25, 0.3) is 0 Å². The molecular weight excluding hydrogens is 267 g/mol. The lowest BCUT2D eigenvalue weighted by atomic mass is 10.0. The molecule has 0 aliphatic heterocycles. The molecule has 0 radical (unpaired) electrons. The summed E-state index contributed by atoms with van der Waals surface area (Å²) in [4.78, 5) is 8.21. The molecule has 2 rings (SSSR count). The highest BCUT2D eigenvalue weighted by atomic mass is 19.4. The average molecular weight is 281 g/mol. The van der Waals surface area contributed by atoms with E-state index in [4.69, 9.17) is 0 Å². The number of hydrogen-bond acceptors (Lipinski definition) is 3. The lowest BCUT2D eigenvalue weighted by Crippen LogP contribution is -2.06. The smallest absolute Gasteiger partial charge is 0.373 e. The molecule has 20 heavy (non-hydrogen) atoms. The number of nitrogens with zero attached hydrogens (tertiary/aromatic N) is 2. The summed E-state index contributed by atoms with van der Waals surface area (Å²) in [6, 6.07) is 5.17. The summed E-state index contributed by atoms with van der Waals surface area (Å²) in [5.74, 6) is 0.634. The van der Waals surface area contributed by atoms with E-state index in [0.29, 0.717) is 23.5 Å². The Morgan fingerprint density at radius 1 is 1.20 bits per heavy atom. The second kappa shape index (κ2) is 5.48. The zero-order valence-corrected chi connectivity index (χ0v) is 11.1. The van der Waals surface area contributed by atoms with Crippen molar-refractivity contribution in [1.29, 1.82) is 0 Å². The van der Waals surface area contributed by atoms with E-state index in [9.17, 15) is 13.2 Å². The topological polar surface area (TPSA) is 37.8 Å². The van der Waals surface area contributed by atoms with Crippen molar-refractivity contribution in [2.75, 3.05) is 12.4 Å². The van der Waals surface area contributed by atoms with Crippen molar-refractivity contribution in [3.63, 3.8) is 0 Å². The molecular formula is C14H14F3N3. The summed E-state index contributed by atoms with van der Waals surface area (Å²) in [7, 11) is 1.72. The molecule has 1 N–H and O–H groups in total. The summed E-state index contributed by atoms with van der Waals surface area (Å²) in [6.07, 6.45) is -2.38. The monoisotopic (exact) mass is 281 g/mol. The second-order valence-corrected chi connectivity index (χ2v) is 4.23. The maximum absolute atomic E-state index is 12.8. The maximum atomic E-state index is 12.8. The van der Waals surface area contributed by atoms with Gasteiger partial charge in [-0.1, -0.05) is 19.1 Å². The van der Waals surface area contributed by atoms with Crippen LogP contribution in [0.3, 0.4) is 0 Å². The maximum Gasteiger partial charge on any atom is 0.416 e. The van der Waals surface area contributed by atoms with Gasteiger partial charge < -0.3 is 5.32 Å². The first-order valence-corrected chi connectivity index (χ1v) is 6.16. The summed E-state index contributed by atoms with van der Waals surface area (Å²) < 4.78 is 38.3. The van der Waals surface area contributed by atoms with E-state index in [1.807, 2.05) is 6.92 Å². The predicted octanol–water partition coefficient (Wildman–Crippen LogP) is 3.77.